The summed E-state index contributed by atoms with van der Waals surface area (Å²) in [5, 5.41) is 7.16. The molecule has 0 saturated carbocycles. The van der Waals surface area contributed by atoms with Crippen LogP contribution in [-0.2, 0) is 11.3 Å². The first kappa shape index (κ1) is 16.2. The average Bonchev–Trinajstić information content (AvgIpc) is 2.95. The van der Waals surface area contributed by atoms with E-state index in [1.54, 1.807) is 22.0 Å². The van der Waals surface area contributed by atoms with Crippen molar-refractivity contribution in [3.8, 4) is 0 Å². The summed E-state index contributed by atoms with van der Waals surface area (Å²) < 4.78 is 1.79. The molecule has 0 radical (unpaired) electrons. The van der Waals surface area contributed by atoms with Gasteiger partial charge in [-0.3, -0.25) is 14.3 Å². The molecule has 0 spiro atoms. The first-order valence-corrected chi connectivity index (χ1v) is 8.20. The Kier molecular flexibility index (Phi) is 4.38. The van der Waals surface area contributed by atoms with Gasteiger partial charge >= 0.3 is 0 Å². The Bertz CT molecular complexity index is 766. The fourth-order valence-electron chi connectivity index (χ4n) is 2.82. The summed E-state index contributed by atoms with van der Waals surface area (Å²) in [5.74, 6) is -0.0465. The van der Waals surface area contributed by atoms with Crippen LogP contribution in [0, 0.1) is 11.8 Å². The first-order valence-electron chi connectivity index (χ1n) is 8.20. The number of aromatic nitrogens is 2. The number of para-hydroxylation sites is 2. The van der Waals surface area contributed by atoms with Gasteiger partial charge in [0, 0.05) is 19.3 Å². The van der Waals surface area contributed by atoms with E-state index in [1.807, 2.05) is 31.2 Å². The van der Waals surface area contributed by atoms with Gasteiger partial charge in [-0.25, -0.2) is 0 Å². The summed E-state index contributed by atoms with van der Waals surface area (Å²) >= 11 is 0. The molecule has 1 N–H and O–H groups in total. The van der Waals surface area contributed by atoms with Crippen LogP contribution in [0.2, 0.25) is 0 Å². The number of fused-ring (bicyclic) bond motifs is 1. The molecule has 0 saturated heterocycles. The molecule has 2 aromatic rings. The molecule has 1 aromatic heterocycles. The van der Waals surface area contributed by atoms with E-state index in [4.69, 9.17) is 0 Å². The van der Waals surface area contributed by atoms with Crippen molar-refractivity contribution < 1.29 is 9.59 Å². The highest BCUT2D eigenvalue weighted by Gasteiger charge is 2.29. The topological polar surface area (TPSA) is 67.2 Å². The lowest BCUT2D eigenvalue weighted by atomic mass is 10.1. The summed E-state index contributed by atoms with van der Waals surface area (Å²) in [4.78, 5) is 26.8. The molecule has 0 bridgehead atoms. The molecule has 1 atom stereocenters. The van der Waals surface area contributed by atoms with Crippen LogP contribution in [0.25, 0.3) is 0 Å². The second-order valence-electron chi connectivity index (χ2n) is 6.67. The molecule has 6 heteroatoms. The maximum absolute atomic E-state index is 13.0. The second-order valence-corrected chi connectivity index (χ2v) is 6.67. The zero-order valence-corrected chi connectivity index (χ0v) is 14.2. The second kappa shape index (κ2) is 6.47. The Hall–Kier alpha value is -2.63. The Morgan fingerprint density at radius 2 is 2.12 bits per heavy atom. The summed E-state index contributed by atoms with van der Waals surface area (Å²) in [7, 11) is 0. The lowest BCUT2D eigenvalue weighted by Gasteiger charge is -2.22. The van der Waals surface area contributed by atoms with Gasteiger partial charge in [0.2, 0.25) is 5.91 Å². The van der Waals surface area contributed by atoms with Crippen LogP contribution in [0.15, 0.2) is 36.7 Å². The quantitative estimate of drug-likeness (QED) is 0.943. The number of rotatable bonds is 3. The normalized spacial score (nSPS) is 17.4. The predicted molar refractivity (Wildman–Crippen MR) is 93.0 cm³/mol. The molecule has 0 aliphatic carbocycles. The fourth-order valence-corrected chi connectivity index (χ4v) is 2.82. The summed E-state index contributed by atoms with van der Waals surface area (Å²) in [6.45, 7) is 7.14. The highest BCUT2D eigenvalue weighted by atomic mass is 16.2. The number of anilines is 2. The zero-order chi connectivity index (χ0) is 17.3. The van der Waals surface area contributed by atoms with Crippen molar-refractivity contribution in [2.45, 2.75) is 27.3 Å². The summed E-state index contributed by atoms with van der Waals surface area (Å²) in [6.07, 6.45) is 3.37. The van der Waals surface area contributed by atoms with E-state index in [0.29, 0.717) is 23.7 Å². The standard InChI is InChI=1S/C18H22N4O2/c1-12(2)9-21-11-14(8-19-21)18(24)22-10-13(3)17(23)20-15-6-4-5-7-16(15)22/h4-8,11-13H,9-10H2,1-3H3,(H,20,23)/t13-/m0/s1. The van der Waals surface area contributed by atoms with E-state index in [0.717, 1.165) is 12.2 Å². The molecule has 1 aliphatic rings. The third-order valence-corrected chi connectivity index (χ3v) is 4.03. The zero-order valence-electron chi connectivity index (χ0n) is 14.2. The number of hydrogen-bond donors (Lipinski definition) is 1. The van der Waals surface area contributed by atoms with Gasteiger partial charge in [-0.15, -0.1) is 0 Å². The smallest absolute Gasteiger partial charge is 0.261 e. The Morgan fingerprint density at radius 1 is 1.38 bits per heavy atom. The van der Waals surface area contributed by atoms with Crippen molar-refractivity contribution >= 4 is 23.2 Å². The predicted octanol–water partition coefficient (Wildman–Crippen LogP) is 2.77. The molecule has 6 nitrogen and oxygen atoms in total. The Morgan fingerprint density at radius 3 is 2.88 bits per heavy atom. The average molecular weight is 326 g/mol. The van der Waals surface area contributed by atoms with E-state index < -0.39 is 0 Å². The van der Waals surface area contributed by atoms with Crippen molar-refractivity contribution in [2.75, 3.05) is 16.8 Å². The van der Waals surface area contributed by atoms with Crippen molar-refractivity contribution in [1.82, 2.24) is 9.78 Å². The number of carbonyl (C=O) groups is 2. The number of hydrogen-bond acceptors (Lipinski definition) is 3. The molecule has 2 amide bonds. The van der Waals surface area contributed by atoms with Crippen LogP contribution in [0.1, 0.15) is 31.1 Å². The van der Waals surface area contributed by atoms with Gasteiger partial charge in [-0.1, -0.05) is 32.9 Å². The van der Waals surface area contributed by atoms with Crippen molar-refractivity contribution in [3.63, 3.8) is 0 Å². The number of amides is 2. The summed E-state index contributed by atoms with van der Waals surface area (Å²) in [6, 6.07) is 7.37. The number of nitrogens with zero attached hydrogens (tertiary/aromatic N) is 3. The molecular formula is C18H22N4O2. The molecule has 1 aromatic carbocycles. The molecule has 2 heterocycles. The van der Waals surface area contributed by atoms with Crippen LogP contribution < -0.4 is 10.2 Å². The molecule has 126 valence electrons. The minimum Gasteiger partial charge on any atom is -0.324 e. The Balaban J connectivity index is 1.93. The lowest BCUT2D eigenvalue weighted by molar-refractivity contribution is -0.119. The van der Waals surface area contributed by atoms with E-state index in [1.165, 1.54) is 0 Å². The monoisotopic (exact) mass is 326 g/mol. The van der Waals surface area contributed by atoms with E-state index in [-0.39, 0.29) is 17.7 Å². The number of nitrogens with one attached hydrogen (secondary N) is 1. The van der Waals surface area contributed by atoms with E-state index in [2.05, 4.69) is 24.3 Å². The van der Waals surface area contributed by atoms with Crippen LogP contribution in [0.3, 0.4) is 0 Å². The largest absolute Gasteiger partial charge is 0.324 e. The minimum absolute atomic E-state index is 0.0757. The van der Waals surface area contributed by atoms with Crippen molar-refractivity contribution in [1.29, 1.82) is 0 Å². The van der Waals surface area contributed by atoms with Crippen LogP contribution in [-0.4, -0.2) is 28.1 Å². The molecular weight excluding hydrogens is 304 g/mol. The van der Waals surface area contributed by atoms with Gasteiger partial charge in [0.25, 0.3) is 5.91 Å². The van der Waals surface area contributed by atoms with Crippen LogP contribution in [0.4, 0.5) is 11.4 Å². The number of benzene rings is 1. The first-order chi connectivity index (χ1) is 11.5. The third kappa shape index (κ3) is 3.18. The number of carbonyl (C=O) groups excluding carboxylic acids is 2. The van der Waals surface area contributed by atoms with E-state index in [9.17, 15) is 9.59 Å². The van der Waals surface area contributed by atoms with Gasteiger partial charge in [-0.2, -0.15) is 5.10 Å². The summed E-state index contributed by atoms with van der Waals surface area (Å²) in [5.41, 5.74) is 1.92. The van der Waals surface area contributed by atoms with Gasteiger partial charge in [0.05, 0.1) is 29.1 Å². The van der Waals surface area contributed by atoms with Gasteiger partial charge in [0.1, 0.15) is 0 Å². The lowest BCUT2D eigenvalue weighted by Crippen LogP contribution is -2.35. The van der Waals surface area contributed by atoms with Crippen LogP contribution >= 0.6 is 0 Å². The van der Waals surface area contributed by atoms with Gasteiger partial charge < -0.3 is 10.2 Å². The van der Waals surface area contributed by atoms with Gasteiger partial charge in [-0.05, 0) is 18.1 Å². The van der Waals surface area contributed by atoms with Crippen molar-refractivity contribution in [2.24, 2.45) is 11.8 Å². The maximum Gasteiger partial charge on any atom is 0.261 e. The Labute approximate surface area is 141 Å². The molecule has 1 aliphatic heterocycles. The van der Waals surface area contributed by atoms with E-state index >= 15 is 0 Å². The maximum atomic E-state index is 13.0. The SMILES string of the molecule is CC(C)Cn1cc(C(=O)N2C[C@H](C)C(=O)Nc3ccccc32)cn1. The van der Waals surface area contributed by atoms with Crippen LogP contribution in [0.5, 0.6) is 0 Å². The molecule has 0 fully saturated rings. The highest BCUT2D eigenvalue weighted by molar-refractivity contribution is 6.10. The van der Waals surface area contributed by atoms with Gasteiger partial charge in [0.15, 0.2) is 0 Å². The van der Waals surface area contributed by atoms with Crippen molar-refractivity contribution in [3.05, 3.63) is 42.2 Å². The highest BCUT2D eigenvalue weighted by Crippen LogP contribution is 2.30. The fraction of sp³-hybridized carbons (Fsp3) is 0.389. The molecule has 3 rings (SSSR count). The molecule has 0 unspecified atom stereocenters. The molecule has 24 heavy (non-hydrogen) atoms. The minimum atomic E-state index is -0.285. The third-order valence-electron chi connectivity index (χ3n) is 4.03.